The Balaban J connectivity index is 2.43. The van der Waals surface area contributed by atoms with Crippen LogP contribution in [-0.2, 0) is 0 Å². The Labute approximate surface area is 127 Å². The number of carbonyl (C=O) groups is 1. The number of benzene rings is 1. The van der Waals surface area contributed by atoms with Crippen LogP contribution in [0.15, 0.2) is 30.3 Å². The minimum absolute atomic E-state index is 0.00454. The lowest BCUT2D eigenvalue weighted by Crippen LogP contribution is -2.30. The third kappa shape index (κ3) is 3.49. The number of hydrogen-bond acceptors (Lipinski definition) is 3. The minimum Gasteiger partial charge on any atom is -0.396 e. The number of amides is 1. The van der Waals surface area contributed by atoms with Gasteiger partial charge in [-0.25, -0.2) is 9.37 Å². The molecule has 1 aromatic carbocycles. The van der Waals surface area contributed by atoms with E-state index in [-0.39, 0.29) is 22.7 Å². The van der Waals surface area contributed by atoms with Crippen molar-refractivity contribution in [3.63, 3.8) is 0 Å². The molecule has 0 fully saturated rings. The molecule has 0 aliphatic carbocycles. The summed E-state index contributed by atoms with van der Waals surface area (Å²) in [5, 5.41) is 2.85. The summed E-state index contributed by atoms with van der Waals surface area (Å²) in [5.74, 6) is -0.753. The van der Waals surface area contributed by atoms with E-state index >= 15 is 0 Å². The lowest BCUT2D eigenvalue weighted by atomic mass is 10.1. The second-order valence-electron chi connectivity index (χ2n) is 4.90. The van der Waals surface area contributed by atoms with Gasteiger partial charge in [-0.2, -0.15) is 0 Å². The summed E-state index contributed by atoms with van der Waals surface area (Å²) in [6.45, 7) is 3.70. The molecule has 2 rings (SSSR count). The summed E-state index contributed by atoms with van der Waals surface area (Å²) in [7, 11) is 0. The van der Waals surface area contributed by atoms with E-state index in [1.165, 1.54) is 18.2 Å². The number of nitrogen functional groups attached to an aromatic ring is 1. The number of nitrogens with zero attached hydrogens (tertiary/aromatic N) is 1. The van der Waals surface area contributed by atoms with Gasteiger partial charge in [-0.1, -0.05) is 11.6 Å². The number of rotatable bonds is 3. The first kappa shape index (κ1) is 15.3. The maximum atomic E-state index is 14.0. The quantitative estimate of drug-likeness (QED) is 0.855. The van der Waals surface area contributed by atoms with Crippen LogP contribution in [-0.4, -0.2) is 16.9 Å². The number of nitrogens with one attached hydrogen (secondary N) is 1. The van der Waals surface area contributed by atoms with Crippen LogP contribution in [0.5, 0.6) is 0 Å². The fourth-order valence-corrected chi connectivity index (χ4v) is 1.96. The van der Waals surface area contributed by atoms with Crippen molar-refractivity contribution in [1.82, 2.24) is 10.3 Å². The lowest BCUT2D eigenvalue weighted by Gasteiger charge is -2.10. The molecule has 1 aromatic heterocycles. The largest absolute Gasteiger partial charge is 0.396 e. The molecule has 0 spiro atoms. The Kier molecular flexibility index (Phi) is 4.43. The number of anilines is 1. The molecule has 0 atom stereocenters. The van der Waals surface area contributed by atoms with Crippen molar-refractivity contribution in [2.45, 2.75) is 19.9 Å². The average Bonchev–Trinajstić information content (AvgIpc) is 2.41. The predicted octanol–water partition coefficient (Wildman–Crippen LogP) is 3.26. The molecule has 110 valence electrons. The van der Waals surface area contributed by atoms with Crippen LogP contribution in [0.1, 0.15) is 24.2 Å². The molecule has 0 saturated heterocycles. The first-order valence-electron chi connectivity index (χ1n) is 6.41. The van der Waals surface area contributed by atoms with Crippen molar-refractivity contribution in [3.05, 3.63) is 46.9 Å². The van der Waals surface area contributed by atoms with Gasteiger partial charge in [-0.05, 0) is 44.2 Å². The second-order valence-corrected chi connectivity index (χ2v) is 5.26. The molecule has 0 saturated carbocycles. The van der Waals surface area contributed by atoms with Crippen molar-refractivity contribution in [3.8, 4) is 11.3 Å². The van der Waals surface area contributed by atoms with Crippen LogP contribution in [0.2, 0.25) is 5.15 Å². The smallest absolute Gasteiger partial charge is 0.251 e. The summed E-state index contributed by atoms with van der Waals surface area (Å²) in [4.78, 5) is 16.0. The highest BCUT2D eigenvalue weighted by molar-refractivity contribution is 6.31. The summed E-state index contributed by atoms with van der Waals surface area (Å²) in [6, 6.07) is 7.21. The molecule has 0 bridgehead atoms. The van der Waals surface area contributed by atoms with Crippen LogP contribution in [0, 0.1) is 5.82 Å². The van der Waals surface area contributed by atoms with Gasteiger partial charge in [-0.15, -0.1) is 0 Å². The topological polar surface area (TPSA) is 68.0 Å². The van der Waals surface area contributed by atoms with Gasteiger partial charge in [0.15, 0.2) is 5.15 Å². The Morgan fingerprint density at radius 1 is 1.33 bits per heavy atom. The van der Waals surface area contributed by atoms with E-state index < -0.39 is 5.82 Å². The molecular weight excluding hydrogens is 293 g/mol. The van der Waals surface area contributed by atoms with Crippen molar-refractivity contribution >= 4 is 23.2 Å². The summed E-state index contributed by atoms with van der Waals surface area (Å²) >= 11 is 5.85. The number of carbonyl (C=O) groups excluding carboxylic acids is 1. The third-order valence-corrected chi connectivity index (χ3v) is 3.10. The molecule has 21 heavy (non-hydrogen) atoms. The van der Waals surface area contributed by atoms with E-state index in [1.54, 1.807) is 12.1 Å². The Morgan fingerprint density at radius 3 is 2.67 bits per heavy atom. The highest BCUT2D eigenvalue weighted by atomic mass is 35.5. The summed E-state index contributed by atoms with van der Waals surface area (Å²) in [6.07, 6.45) is 0. The Hall–Kier alpha value is -2.14. The van der Waals surface area contributed by atoms with Crippen LogP contribution >= 0.6 is 11.6 Å². The molecule has 0 aliphatic rings. The van der Waals surface area contributed by atoms with E-state index in [1.807, 2.05) is 13.8 Å². The SMILES string of the molecule is CC(C)NC(=O)c1ccc(F)c(-c2ccc(N)c(Cl)n2)c1. The fourth-order valence-electron chi connectivity index (χ4n) is 1.80. The molecular formula is C15H15ClFN3O. The zero-order chi connectivity index (χ0) is 15.6. The van der Waals surface area contributed by atoms with Gasteiger partial charge < -0.3 is 11.1 Å². The molecule has 3 N–H and O–H groups in total. The van der Waals surface area contributed by atoms with E-state index in [4.69, 9.17) is 17.3 Å². The van der Waals surface area contributed by atoms with Crippen LogP contribution in [0.25, 0.3) is 11.3 Å². The maximum Gasteiger partial charge on any atom is 0.251 e. The van der Waals surface area contributed by atoms with Crippen molar-refractivity contribution in [2.75, 3.05) is 5.73 Å². The fraction of sp³-hybridized carbons (Fsp3) is 0.200. The molecule has 0 radical (unpaired) electrons. The number of pyridine rings is 1. The van der Waals surface area contributed by atoms with E-state index in [0.717, 1.165) is 0 Å². The van der Waals surface area contributed by atoms with Gasteiger partial charge >= 0.3 is 0 Å². The van der Waals surface area contributed by atoms with E-state index in [2.05, 4.69) is 10.3 Å². The number of hydrogen-bond donors (Lipinski definition) is 2. The standard InChI is InChI=1S/C15H15ClFN3O/c1-8(2)19-15(21)9-3-4-11(17)10(7-9)13-6-5-12(18)14(16)20-13/h3-8H,18H2,1-2H3,(H,19,21). The van der Waals surface area contributed by atoms with Crippen molar-refractivity contribution < 1.29 is 9.18 Å². The van der Waals surface area contributed by atoms with Crippen molar-refractivity contribution in [2.24, 2.45) is 0 Å². The second kappa shape index (κ2) is 6.10. The lowest BCUT2D eigenvalue weighted by molar-refractivity contribution is 0.0943. The highest BCUT2D eigenvalue weighted by Crippen LogP contribution is 2.26. The van der Waals surface area contributed by atoms with E-state index in [0.29, 0.717) is 16.9 Å². The molecule has 4 nitrogen and oxygen atoms in total. The zero-order valence-corrected chi connectivity index (χ0v) is 12.4. The Morgan fingerprint density at radius 2 is 2.05 bits per heavy atom. The summed E-state index contributed by atoms with van der Waals surface area (Å²) in [5.41, 5.74) is 6.78. The van der Waals surface area contributed by atoms with Gasteiger partial charge in [0, 0.05) is 17.2 Å². The van der Waals surface area contributed by atoms with Gasteiger partial charge in [0.1, 0.15) is 5.82 Å². The third-order valence-electron chi connectivity index (χ3n) is 2.80. The van der Waals surface area contributed by atoms with Gasteiger partial charge in [0.25, 0.3) is 5.91 Å². The maximum absolute atomic E-state index is 14.0. The molecule has 0 unspecified atom stereocenters. The normalized spacial score (nSPS) is 10.7. The van der Waals surface area contributed by atoms with Crippen LogP contribution < -0.4 is 11.1 Å². The van der Waals surface area contributed by atoms with Gasteiger partial charge in [0.05, 0.1) is 11.4 Å². The van der Waals surface area contributed by atoms with Crippen LogP contribution in [0.4, 0.5) is 10.1 Å². The van der Waals surface area contributed by atoms with Crippen LogP contribution in [0.3, 0.4) is 0 Å². The van der Waals surface area contributed by atoms with E-state index in [9.17, 15) is 9.18 Å². The minimum atomic E-state index is -0.482. The molecule has 1 heterocycles. The predicted molar refractivity (Wildman–Crippen MR) is 81.7 cm³/mol. The monoisotopic (exact) mass is 307 g/mol. The number of nitrogens with two attached hydrogens (primary N) is 1. The average molecular weight is 308 g/mol. The zero-order valence-electron chi connectivity index (χ0n) is 11.7. The summed E-state index contributed by atoms with van der Waals surface area (Å²) < 4.78 is 14.0. The van der Waals surface area contributed by atoms with Crippen molar-refractivity contribution in [1.29, 1.82) is 0 Å². The Bertz CT molecular complexity index is 689. The van der Waals surface area contributed by atoms with Gasteiger partial charge in [0.2, 0.25) is 0 Å². The molecule has 0 aliphatic heterocycles. The first-order chi connectivity index (χ1) is 9.88. The molecule has 1 amide bonds. The molecule has 6 heteroatoms. The number of aromatic nitrogens is 1. The first-order valence-corrected chi connectivity index (χ1v) is 6.79. The number of halogens is 2. The highest BCUT2D eigenvalue weighted by Gasteiger charge is 2.13. The molecule has 2 aromatic rings. The van der Waals surface area contributed by atoms with Gasteiger partial charge in [-0.3, -0.25) is 4.79 Å².